The van der Waals surface area contributed by atoms with Crippen LogP contribution in [0.25, 0.3) is 0 Å². The van der Waals surface area contributed by atoms with Crippen LogP contribution in [0.5, 0.6) is 0 Å². The zero-order valence-corrected chi connectivity index (χ0v) is 18.2. The van der Waals surface area contributed by atoms with Crippen molar-refractivity contribution in [2.45, 2.75) is 58.5 Å². The Morgan fingerprint density at radius 3 is 2.61 bits per heavy atom. The van der Waals surface area contributed by atoms with Gasteiger partial charge in [0.1, 0.15) is 0 Å². The Balaban J connectivity index is 1.72. The predicted octanol–water partition coefficient (Wildman–Crippen LogP) is 5.51. The third kappa shape index (κ3) is 4.53. The van der Waals surface area contributed by atoms with Crippen LogP contribution < -0.4 is 15.6 Å². The van der Waals surface area contributed by atoms with Crippen molar-refractivity contribution < 1.29 is 0 Å². The molecule has 1 atom stereocenters. The first kappa shape index (κ1) is 20.3. The Labute approximate surface area is 174 Å². The summed E-state index contributed by atoms with van der Waals surface area (Å²) in [6, 6.07) is 16.9. The van der Waals surface area contributed by atoms with Crippen molar-refractivity contribution in [2.75, 3.05) is 10.2 Å². The average Bonchev–Trinajstić information content (AvgIpc) is 2.62. The Morgan fingerprint density at radius 2 is 1.93 bits per heavy atom. The number of hydrazone groups is 1. The van der Waals surface area contributed by atoms with Crippen molar-refractivity contribution >= 4 is 34.9 Å². The van der Waals surface area contributed by atoms with Crippen molar-refractivity contribution in [1.29, 1.82) is 0 Å². The van der Waals surface area contributed by atoms with E-state index in [-0.39, 0.29) is 5.54 Å². The summed E-state index contributed by atoms with van der Waals surface area (Å²) in [4.78, 5) is 2.54. The summed E-state index contributed by atoms with van der Waals surface area (Å²) >= 11 is 5.29. The highest BCUT2D eigenvalue weighted by atomic mass is 32.1. The van der Waals surface area contributed by atoms with Gasteiger partial charge in [-0.25, -0.2) is 0 Å². The van der Waals surface area contributed by atoms with Crippen LogP contribution in [0.3, 0.4) is 0 Å². The number of nitrogens with one attached hydrogen (secondary N) is 2. The first-order chi connectivity index (χ1) is 13.3. The van der Waals surface area contributed by atoms with Gasteiger partial charge in [0, 0.05) is 23.0 Å². The van der Waals surface area contributed by atoms with Crippen LogP contribution in [0.1, 0.15) is 58.1 Å². The third-order valence-corrected chi connectivity index (χ3v) is 5.42. The van der Waals surface area contributed by atoms with Gasteiger partial charge in [-0.15, -0.1) is 0 Å². The molecule has 5 heteroatoms. The lowest BCUT2D eigenvalue weighted by Crippen LogP contribution is -2.51. The highest BCUT2D eigenvalue weighted by molar-refractivity contribution is 7.80. The first-order valence-electron chi connectivity index (χ1n) is 9.86. The van der Waals surface area contributed by atoms with Gasteiger partial charge in [-0.2, -0.15) is 5.10 Å². The van der Waals surface area contributed by atoms with E-state index in [0.29, 0.717) is 17.1 Å². The van der Waals surface area contributed by atoms with Crippen LogP contribution in [0.4, 0.5) is 11.4 Å². The molecule has 0 aromatic heterocycles. The molecule has 148 valence electrons. The van der Waals surface area contributed by atoms with E-state index in [4.69, 9.17) is 12.2 Å². The second kappa shape index (κ2) is 8.31. The van der Waals surface area contributed by atoms with E-state index in [1.54, 1.807) is 0 Å². The molecule has 0 aliphatic carbocycles. The van der Waals surface area contributed by atoms with Crippen LogP contribution in [0.2, 0.25) is 0 Å². The Hall–Kier alpha value is -2.40. The molecule has 0 amide bonds. The molecular weight excluding hydrogens is 364 g/mol. The summed E-state index contributed by atoms with van der Waals surface area (Å²) in [5, 5.41) is 7.89. The number of rotatable bonds is 4. The zero-order valence-electron chi connectivity index (χ0n) is 17.4. The average molecular weight is 395 g/mol. The molecular formula is C23H30N4S. The molecule has 0 saturated heterocycles. The molecule has 0 radical (unpaired) electrons. The molecule has 1 heterocycles. The molecule has 3 rings (SSSR count). The Bertz CT molecular complexity index is 858. The summed E-state index contributed by atoms with van der Waals surface area (Å²) in [6.07, 6.45) is 2.97. The largest absolute Gasteiger partial charge is 0.364 e. The number of fused-ring (bicyclic) bond motifs is 1. The number of para-hydroxylation sites is 1. The van der Waals surface area contributed by atoms with Crippen LogP contribution in [-0.2, 0) is 0 Å². The van der Waals surface area contributed by atoms with Gasteiger partial charge in [-0.05, 0) is 87.6 Å². The fraction of sp³-hybridized carbons (Fsp3) is 0.391. The fourth-order valence-electron chi connectivity index (χ4n) is 4.37. The number of hydrogen-bond donors (Lipinski definition) is 2. The molecule has 2 aromatic rings. The van der Waals surface area contributed by atoms with Crippen LogP contribution in [-0.4, -0.2) is 22.9 Å². The molecule has 1 aliphatic rings. The normalized spacial score (nSPS) is 18.2. The van der Waals surface area contributed by atoms with Crippen LogP contribution >= 0.6 is 12.2 Å². The number of hydrogen-bond acceptors (Lipinski definition) is 3. The smallest absolute Gasteiger partial charge is 0.191 e. The molecule has 0 saturated carbocycles. The summed E-state index contributed by atoms with van der Waals surface area (Å²) in [5.41, 5.74) is 7.79. The molecule has 1 aliphatic heterocycles. The van der Waals surface area contributed by atoms with E-state index in [9.17, 15) is 0 Å². The van der Waals surface area contributed by atoms with Crippen molar-refractivity contribution in [3.63, 3.8) is 0 Å². The van der Waals surface area contributed by atoms with Crippen molar-refractivity contribution in [3.05, 3.63) is 59.7 Å². The van der Waals surface area contributed by atoms with Gasteiger partial charge < -0.3 is 10.2 Å². The number of nitrogens with zero attached hydrogens (tertiary/aromatic N) is 2. The Kier molecular flexibility index (Phi) is 6.04. The summed E-state index contributed by atoms with van der Waals surface area (Å²) < 4.78 is 0. The molecule has 0 bridgehead atoms. The highest BCUT2D eigenvalue weighted by Gasteiger charge is 2.37. The van der Waals surface area contributed by atoms with Crippen molar-refractivity contribution in [1.82, 2.24) is 5.43 Å². The molecule has 2 aromatic carbocycles. The van der Waals surface area contributed by atoms with E-state index in [0.717, 1.165) is 17.7 Å². The van der Waals surface area contributed by atoms with Gasteiger partial charge >= 0.3 is 0 Å². The lowest BCUT2D eigenvalue weighted by molar-refractivity contribution is 0.356. The predicted molar refractivity (Wildman–Crippen MR) is 125 cm³/mol. The molecule has 1 unspecified atom stereocenters. The molecule has 28 heavy (non-hydrogen) atoms. The maximum Gasteiger partial charge on any atom is 0.191 e. The van der Waals surface area contributed by atoms with Crippen LogP contribution in [0.15, 0.2) is 53.6 Å². The van der Waals surface area contributed by atoms with E-state index < -0.39 is 0 Å². The Morgan fingerprint density at radius 1 is 1.21 bits per heavy atom. The third-order valence-electron chi connectivity index (χ3n) is 5.23. The molecule has 2 N–H and O–H groups in total. The monoisotopic (exact) mass is 394 g/mol. The summed E-state index contributed by atoms with van der Waals surface area (Å²) in [7, 11) is 0. The maximum absolute atomic E-state index is 5.29. The van der Waals surface area contributed by atoms with Crippen molar-refractivity contribution in [3.8, 4) is 0 Å². The van der Waals surface area contributed by atoms with E-state index in [1.807, 2.05) is 36.5 Å². The lowest BCUT2D eigenvalue weighted by atomic mass is 9.79. The molecule has 0 spiro atoms. The standard InChI is InChI=1S/C23H30N4S/c1-16(2)27-21-12-11-18(13-20(21)17(3)14-23(27,4)5)15-24-26-22(28)25-19-9-7-6-8-10-19/h6-13,15-17H,14H2,1-5H3,(H2,25,26,28)/b24-15-. The van der Waals surface area contributed by atoms with Gasteiger partial charge in [-0.1, -0.05) is 31.2 Å². The summed E-state index contributed by atoms with van der Waals surface area (Å²) in [5.74, 6) is 0.516. The van der Waals surface area contributed by atoms with E-state index >= 15 is 0 Å². The number of benzene rings is 2. The summed E-state index contributed by atoms with van der Waals surface area (Å²) in [6.45, 7) is 11.5. The number of anilines is 2. The molecule has 4 nitrogen and oxygen atoms in total. The van der Waals surface area contributed by atoms with Gasteiger partial charge in [0.2, 0.25) is 0 Å². The van der Waals surface area contributed by atoms with Gasteiger partial charge in [0.15, 0.2) is 5.11 Å². The topological polar surface area (TPSA) is 39.7 Å². The van der Waals surface area contributed by atoms with E-state index in [1.165, 1.54) is 11.3 Å². The van der Waals surface area contributed by atoms with Crippen LogP contribution in [0, 0.1) is 0 Å². The zero-order chi connectivity index (χ0) is 20.3. The second-order valence-corrected chi connectivity index (χ2v) is 8.80. The first-order valence-corrected chi connectivity index (χ1v) is 10.3. The minimum absolute atomic E-state index is 0.160. The lowest BCUT2D eigenvalue weighted by Gasteiger charge is -2.50. The quantitative estimate of drug-likeness (QED) is 0.408. The van der Waals surface area contributed by atoms with Gasteiger partial charge in [0.05, 0.1) is 6.21 Å². The van der Waals surface area contributed by atoms with Gasteiger partial charge in [-0.3, -0.25) is 5.43 Å². The van der Waals surface area contributed by atoms with E-state index in [2.05, 4.69) is 73.6 Å². The second-order valence-electron chi connectivity index (χ2n) is 8.39. The van der Waals surface area contributed by atoms with Crippen molar-refractivity contribution in [2.24, 2.45) is 5.10 Å². The molecule has 0 fully saturated rings. The fourth-order valence-corrected chi connectivity index (χ4v) is 4.54. The minimum atomic E-state index is 0.160. The SMILES string of the molecule is CC1CC(C)(C)N(C(C)C)c2ccc(/C=N\NC(=S)Nc3ccccc3)cc21. The highest BCUT2D eigenvalue weighted by Crippen LogP contribution is 2.44. The maximum atomic E-state index is 5.29. The van der Waals surface area contributed by atoms with Gasteiger partial charge in [0.25, 0.3) is 0 Å². The number of thiocarbonyl (C=S) groups is 1. The minimum Gasteiger partial charge on any atom is -0.364 e.